The maximum absolute atomic E-state index is 6.06. The average molecular weight is 308 g/mol. The second kappa shape index (κ2) is 6.67. The van der Waals surface area contributed by atoms with Gasteiger partial charge in [-0.3, -0.25) is 0 Å². The zero-order valence-corrected chi connectivity index (χ0v) is 13.3. The van der Waals surface area contributed by atoms with Gasteiger partial charge in [0.15, 0.2) is 0 Å². The molecule has 1 saturated heterocycles. The van der Waals surface area contributed by atoms with Crippen molar-refractivity contribution in [3.05, 3.63) is 24.0 Å². The van der Waals surface area contributed by atoms with Gasteiger partial charge in [-0.1, -0.05) is 0 Å². The topological polar surface area (TPSA) is 30.3 Å². The highest BCUT2D eigenvalue weighted by Crippen LogP contribution is 2.23. The average Bonchev–Trinajstić information content (AvgIpc) is 3.14. The van der Waals surface area contributed by atoms with Crippen LogP contribution in [0.5, 0.6) is 5.75 Å². The van der Waals surface area contributed by atoms with Crippen LogP contribution >= 0.6 is 11.6 Å². The number of likely N-dealkylation sites (tertiary alicyclic amines) is 1. The number of fused-ring (bicyclic) bond motifs is 1. The van der Waals surface area contributed by atoms with Gasteiger partial charge in [0.05, 0.1) is 24.0 Å². The molecule has 0 unspecified atom stereocenters. The number of hydrogen-bond donors (Lipinski definition) is 0. The SMILES string of the molecule is COc1ccc2c(c1)nc(CCl)n2CCCN1CCCC1. The van der Waals surface area contributed by atoms with Gasteiger partial charge < -0.3 is 14.2 Å². The van der Waals surface area contributed by atoms with Crippen LogP contribution in [0.1, 0.15) is 25.1 Å². The van der Waals surface area contributed by atoms with Crippen LogP contribution in [-0.2, 0) is 12.4 Å². The van der Waals surface area contributed by atoms with Crippen LogP contribution in [0.25, 0.3) is 11.0 Å². The number of ether oxygens (including phenoxy) is 1. The highest BCUT2D eigenvalue weighted by Gasteiger charge is 2.13. The van der Waals surface area contributed by atoms with Gasteiger partial charge in [0.25, 0.3) is 0 Å². The second-order valence-electron chi connectivity index (χ2n) is 5.57. The molecule has 1 fully saturated rings. The zero-order chi connectivity index (χ0) is 14.7. The Morgan fingerprint density at radius 2 is 2.05 bits per heavy atom. The van der Waals surface area contributed by atoms with E-state index in [9.17, 15) is 0 Å². The molecule has 1 aliphatic rings. The summed E-state index contributed by atoms with van der Waals surface area (Å²) < 4.78 is 7.51. The largest absolute Gasteiger partial charge is 0.497 e. The molecule has 1 aliphatic heterocycles. The molecule has 21 heavy (non-hydrogen) atoms. The summed E-state index contributed by atoms with van der Waals surface area (Å²) in [6, 6.07) is 6.04. The Balaban J connectivity index is 1.75. The van der Waals surface area contributed by atoms with Crippen molar-refractivity contribution in [3.63, 3.8) is 0 Å². The molecule has 2 aromatic rings. The molecular formula is C16H22ClN3O. The Morgan fingerprint density at radius 3 is 2.76 bits per heavy atom. The van der Waals surface area contributed by atoms with E-state index in [2.05, 4.69) is 20.5 Å². The Kier molecular flexibility index (Phi) is 4.66. The number of hydrogen-bond acceptors (Lipinski definition) is 3. The molecule has 1 aromatic carbocycles. The molecule has 2 heterocycles. The number of nitrogens with zero attached hydrogens (tertiary/aromatic N) is 3. The zero-order valence-electron chi connectivity index (χ0n) is 12.5. The standard InChI is InChI=1S/C16H22ClN3O/c1-21-13-5-6-15-14(11-13)18-16(12-17)20(15)10-4-9-19-7-2-3-8-19/h5-6,11H,2-4,7-10,12H2,1H3. The second-order valence-corrected chi connectivity index (χ2v) is 5.84. The first-order valence-corrected chi connectivity index (χ1v) is 8.17. The predicted molar refractivity (Wildman–Crippen MR) is 86.1 cm³/mol. The van der Waals surface area contributed by atoms with Crippen LogP contribution in [0.2, 0.25) is 0 Å². The van der Waals surface area contributed by atoms with Gasteiger partial charge in [-0.2, -0.15) is 0 Å². The summed E-state index contributed by atoms with van der Waals surface area (Å²) in [5, 5.41) is 0. The van der Waals surface area contributed by atoms with E-state index in [-0.39, 0.29) is 0 Å². The van der Waals surface area contributed by atoms with Crippen LogP contribution in [0.15, 0.2) is 18.2 Å². The Bertz CT molecular complexity index is 605. The van der Waals surface area contributed by atoms with E-state index in [1.807, 2.05) is 12.1 Å². The van der Waals surface area contributed by atoms with Crippen LogP contribution < -0.4 is 4.74 Å². The van der Waals surface area contributed by atoms with E-state index in [0.717, 1.165) is 42.1 Å². The molecule has 4 nitrogen and oxygen atoms in total. The van der Waals surface area contributed by atoms with Crippen molar-refractivity contribution < 1.29 is 4.74 Å². The number of aromatic nitrogens is 2. The minimum Gasteiger partial charge on any atom is -0.497 e. The van der Waals surface area contributed by atoms with Crippen LogP contribution in [-0.4, -0.2) is 41.2 Å². The molecule has 5 heteroatoms. The molecule has 0 bridgehead atoms. The first-order valence-electron chi connectivity index (χ1n) is 7.63. The van der Waals surface area contributed by atoms with E-state index in [1.165, 1.54) is 25.9 Å². The van der Waals surface area contributed by atoms with Crippen LogP contribution in [0.4, 0.5) is 0 Å². The lowest BCUT2D eigenvalue weighted by Crippen LogP contribution is -2.21. The van der Waals surface area contributed by atoms with Crippen molar-refractivity contribution in [1.82, 2.24) is 14.5 Å². The number of rotatable bonds is 6. The lowest BCUT2D eigenvalue weighted by Gasteiger charge is -2.15. The summed E-state index contributed by atoms with van der Waals surface area (Å²) in [4.78, 5) is 7.17. The highest BCUT2D eigenvalue weighted by atomic mass is 35.5. The summed E-state index contributed by atoms with van der Waals surface area (Å²) in [5.41, 5.74) is 2.11. The van der Waals surface area contributed by atoms with Crippen molar-refractivity contribution in [2.24, 2.45) is 0 Å². The molecular weight excluding hydrogens is 286 g/mol. The minimum absolute atomic E-state index is 0.445. The van der Waals surface area contributed by atoms with Crippen molar-refractivity contribution >= 4 is 22.6 Å². The fraction of sp³-hybridized carbons (Fsp3) is 0.562. The normalized spacial score (nSPS) is 15.9. The van der Waals surface area contributed by atoms with Gasteiger partial charge in [0.1, 0.15) is 11.6 Å². The third kappa shape index (κ3) is 3.16. The Morgan fingerprint density at radius 1 is 1.24 bits per heavy atom. The number of alkyl halides is 1. The number of methoxy groups -OCH3 is 1. The van der Waals surface area contributed by atoms with E-state index in [0.29, 0.717) is 5.88 Å². The Labute approximate surface area is 130 Å². The van der Waals surface area contributed by atoms with Crippen LogP contribution in [0, 0.1) is 0 Å². The van der Waals surface area contributed by atoms with Crippen LogP contribution in [0.3, 0.4) is 0 Å². The molecule has 0 saturated carbocycles. The fourth-order valence-corrected chi connectivity index (χ4v) is 3.30. The summed E-state index contributed by atoms with van der Waals surface area (Å²) in [6.07, 6.45) is 3.84. The molecule has 0 amide bonds. The van der Waals surface area contributed by atoms with E-state index >= 15 is 0 Å². The van der Waals surface area contributed by atoms with Crippen molar-refractivity contribution in [3.8, 4) is 5.75 Å². The summed E-state index contributed by atoms with van der Waals surface area (Å²) in [7, 11) is 1.68. The number of imidazole rings is 1. The third-order valence-corrected chi connectivity index (χ3v) is 4.45. The summed E-state index contributed by atoms with van der Waals surface area (Å²) in [6.45, 7) is 4.65. The molecule has 1 aromatic heterocycles. The van der Waals surface area contributed by atoms with Gasteiger partial charge in [0.2, 0.25) is 0 Å². The van der Waals surface area contributed by atoms with Gasteiger partial charge >= 0.3 is 0 Å². The predicted octanol–water partition coefficient (Wildman–Crippen LogP) is 3.27. The Hall–Kier alpha value is -1.26. The maximum atomic E-state index is 6.06. The minimum atomic E-state index is 0.445. The van der Waals surface area contributed by atoms with E-state index < -0.39 is 0 Å². The van der Waals surface area contributed by atoms with Crippen molar-refractivity contribution in [2.45, 2.75) is 31.7 Å². The number of aryl methyl sites for hydroxylation is 1. The third-order valence-electron chi connectivity index (χ3n) is 4.21. The first-order chi connectivity index (χ1) is 10.3. The monoisotopic (exact) mass is 307 g/mol. The van der Waals surface area contributed by atoms with Gasteiger partial charge in [0, 0.05) is 12.6 Å². The molecule has 0 N–H and O–H groups in total. The van der Waals surface area contributed by atoms with Gasteiger partial charge in [-0.25, -0.2) is 4.98 Å². The molecule has 0 aliphatic carbocycles. The molecule has 3 rings (SSSR count). The van der Waals surface area contributed by atoms with E-state index in [4.69, 9.17) is 16.3 Å². The molecule has 0 atom stereocenters. The van der Waals surface area contributed by atoms with Crippen molar-refractivity contribution in [2.75, 3.05) is 26.7 Å². The first kappa shape index (κ1) is 14.7. The summed E-state index contributed by atoms with van der Waals surface area (Å²) in [5.74, 6) is 2.23. The number of benzene rings is 1. The van der Waals surface area contributed by atoms with Gasteiger partial charge in [-0.05, 0) is 51.0 Å². The molecule has 0 radical (unpaired) electrons. The smallest absolute Gasteiger partial charge is 0.124 e. The lowest BCUT2D eigenvalue weighted by molar-refractivity contribution is 0.325. The fourth-order valence-electron chi connectivity index (χ4n) is 3.10. The molecule has 0 spiro atoms. The number of halogens is 1. The highest BCUT2D eigenvalue weighted by molar-refractivity contribution is 6.16. The lowest BCUT2D eigenvalue weighted by atomic mass is 10.3. The maximum Gasteiger partial charge on any atom is 0.124 e. The van der Waals surface area contributed by atoms with E-state index in [1.54, 1.807) is 7.11 Å². The molecule has 114 valence electrons. The summed E-state index contributed by atoms with van der Waals surface area (Å²) >= 11 is 6.06. The van der Waals surface area contributed by atoms with Crippen molar-refractivity contribution in [1.29, 1.82) is 0 Å². The quantitative estimate of drug-likeness (QED) is 0.767. The van der Waals surface area contributed by atoms with Gasteiger partial charge in [-0.15, -0.1) is 11.6 Å².